The Labute approximate surface area is 112 Å². The third-order valence-electron chi connectivity index (χ3n) is 3.13. The van der Waals surface area contributed by atoms with E-state index in [1.807, 2.05) is 11.8 Å². The Morgan fingerprint density at radius 1 is 1.00 bits per heavy atom. The Morgan fingerprint density at radius 2 is 1.72 bits per heavy atom. The van der Waals surface area contributed by atoms with Gasteiger partial charge in [0.15, 0.2) is 0 Å². The summed E-state index contributed by atoms with van der Waals surface area (Å²) in [5.41, 5.74) is 3.80. The number of hydrogen-bond acceptors (Lipinski definition) is 3. The van der Waals surface area contributed by atoms with E-state index < -0.39 is 0 Å². The maximum Gasteiger partial charge on any atom is 0.103 e. The van der Waals surface area contributed by atoms with Crippen LogP contribution in [0.1, 0.15) is 10.9 Å². The van der Waals surface area contributed by atoms with Gasteiger partial charge in [-0.1, -0.05) is 36.0 Å². The fourth-order valence-corrected chi connectivity index (χ4v) is 3.23. The van der Waals surface area contributed by atoms with Crippen molar-refractivity contribution in [1.29, 1.82) is 0 Å². The molecule has 1 atom stereocenters. The van der Waals surface area contributed by atoms with Crippen LogP contribution in [-0.4, -0.2) is 14.1 Å². The molecule has 2 aromatic rings. The Morgan fingerprint density at radius 3 is 2.39 bits per heavy atom. The smallest absolute Gasteiger partial charge is 0.103 e. The minimum atomic E-state index is 0.332. The Bertz CT molecular complexity index is 524. The van der Waals surface area contributed by atoms with Gasteiger partial charge in [0.2, 0.25) is 0 Å². The molecule has 0 unspecified atom stereocenters. The van der Waals surface area contributed by atoms with Crippen LogP contribution in [0, 0.1) is 0 Å². The van der Waals surface area contributed by atoms with Gasteiger partial charge in [0.05, 0.1) is 0 Å². The molecule has 18 heavy (non-hydrogen) atoms. The molecule has 1 aliphatic heterocycles. The molecule has 0 spiro atoms. The molecule has 0 aromatic heterocycles. The predicted molar refractivity (Wildman–Crippen MR) is 79.4 cm³/mol. The SMILES string of the molecule is CN(C)c1ccc([C@H]2Nc3ccccc3S2)cc1. The van der Waals surface area contributed by atoms with Gasteiger partial charge in [-0.3, -0.25) is 0 Å². The standard InChI is InChI=1S/C15H16N2S/c1-17(2)12-9-7-11(8-10-12)15-16-13-5-3-4-6-14(13)18-15/h3-10,15-16H,1-2H3/t15-/m0/s1. The molecule has 0 bridgehead atoms. The number of hydrogen-bond donors (Lipinski definition) is 1. The predicted octanol–water partition coefficient (Wildman–Crippen LogP) is 3.97. The molecule has 1 heterocycles. The van der Waals surface area contributed by atoms with Crippen LogP contribution in [0.25, 0.3) is 0 Å². The molecule has 0 amide bonds. The molecule has 1 aliphatic rings. The second kappa shape index (κ2) is 4.58. The zero-order valence-electron chi connectivity index (χ0n) is 10.6. The summed E-state index contributed by atoms with van der Waals surface area (Å²) in [5.74, 6) is 0. The van der Waals surface area contributed by atoms with Gasteiger partial charge in [-0.15, -0.1) is 0 Å². The molecule has 0 saturated carbocycles. The summed E-state index contributed by atoms with van der Waals surface area (Å²) in [7, 11) is 4.13. The molecule has 1 N–H and O–H groups in total. The number of fused-ring (bicyclic) bond motifs is 1. The van der Waals surface area contributed by atoms with E-state index in [9.17, 15) is 0 Å². The second-order valence-corrected chi connectivity index (χ2v) is 5.77. The van der Waals surface area contributed by atoms with E-state index in [1.165, 1.54) is 21.8 Å². The normalized spacial score (nSPS) is 17.1. The lowest BCUT2D eigenvalue weighted by Crippen LogP contribution is -2.08. The van der Waals surface area contributed by atoms with Gasteiger partial charge in [-0.25, -0.2) is 0 Å². The number of benzene rings is 2. The first-order chi connectivity index (χ1) is 8.74. The maximum atomic E-state index is 3.55. The molecule has 0 radical (unpaired) electrons. The highest BCUT2D eigenvalue weighted by molar-refractivity contribution is 8.00. The van der Waals surface area contributed by atoms with Gasteiger partial charge < -0.3 is 10.2 Å². The van der Waals surface area contributed by atoms with Crippen LogP contribution in [0.5, 0.6) is 0 Å². The van der Waals surface area contributed by atoms with E-state index in [0.717, 1.165) is 0 Å². The van der Waals surface area contributed by atoms with Gasteiger partial charge in [0.1, 0.15) is 5.37 Å². The highest BCUT2D eigenvalue weighted by Crippen LogP contribution is 2.46. The second-order valence-electron chi connectivity index (χ2n) is 4.62. The van der Waals surface area contributed by atoms with E-state index in [0.29, 0.717) is 5.37 Å². The molecule has 92 valence electrons. The lowest BCUT2D eigenvalue weighted by atomic mass is 10.2. The summed E-state index contributed by atoms with van der Waals surface area (Å²) in [6.07, 6.45) is 0. The zero-order valence-corrected chi connectivity index (χ0v) is 11.4. The molecular formula is C15H16N2S. The number of rotatable bonds is 2. The first-order valence-electron chi connectivity index (χ1n) is 6.03. The topological polar surface area (TPSA) is 15.3 Å². The van der Waals surface area contributed by atoms with Crippen LogP contribution >= 0.6 is 11.8 Å². The molecular weight excluding hydrogens is 240 g/mol. The van der Waals surface area contributed by atoms with Crippen molar-refractivity contribution in [2.24, 2.45) is 0 Å². The minimum Gasteiger partial charge on any atom is -0.378 e. The summed E-state index contributed by atoms with van der Waals surface area (Å²) in [6.45, 7) is 0. The van der Waals surface area contributed by atoms with Crippen LogP contribution in [0.4, 0.5) is 11.4 Å². The average molecular weight is 256 g/mol. The average Bonchev–Trinajstić information content (AvgIpc) is 2.82. The van der Waals surface area contributed by atoms with E-state index in [2.05, 4.69) is 72.8 Å². The largest absolute Gasteiger partial charge is 0.378 e. The van der Waals surface area contributed by atoms with Crippen LogP contribution in [0.2, 0.25) is 0 Å². The van der Waals surface area contributed by atoms with Gasteiger partial charge >= 0.3 is 0 Å². The first kappa shape index (κ1) is 11.5. The highest BCUT2D eigenvalue weighted by Gasteiger charge is 2.21. The monoisotopic (exact) mass is 256 g/mol. The minimum absolute atomic E-state index is 0.332. The van der Waals surface area contributed by atoms with Crippen molar-refractivity contribution < 1.29 is 0 Å². The van der Waals surface area contributed by atoms with Crippen LogP contribution in [0.15, 0.2) is 53.4 Å². The summed E-state index contributed by atoms with van der Waals surface area (Å²) in [5, 5.41) is 3.88. The van der Waals surface area contributed by atoms with E-state index >= 15 is 0 Å². The van der Waals surface area contributed by atoms with Gasteiger partial charge in [-0.05, 0) is 29.8 Å². The zero-order chi connectivity index (χ0) is 12.5. The molecule has 2 nitrogen and oxygen atoms in total. The highest BCUT2D eigenvalue weighted by atomic mass is 32.2. The summed E-state index contributed by atoms with van der Waals surface area (Å²) in [6, 6.07) is 17.2. The molecule has 3 heteroatoms. The number of nitrogens with one attached hydrogen (secondary N) is 1. The van der Waals surface area contributed by atoms with Crippen molar-refractivity contribution >= 4 is 23.1 Å². The molecule has 0 fully saturated rings. The van der Waals surface area contributed by atoms with Crippen molar-refractivity contribution in [1.82, 2.24) is 0 Å². The lowest BCUT2D eigenvalue weighted by molar-refractivity contribution is 1.10. The summed E-state index contributed by atoms with van der Waals surface area (Å²) >= 11 is 1.88. The fourth-order valence-electron chi connectivity index (χ4n) is 2.08. The summed E-state index contributed by atoms with van der Waals surface area (Å²) < 4.78 is 0. The van der Waals surface area contributed by atoms with Crippen molar-refractivity contribution in [2.45, 2.75) is 10.3 Å². The number of anilines is 2. The van der Waals surface area contributed by atoms with Gasteiger partial charge in [-0.2, -0.15) is 0 Å². The molecule has 2 aromatic carbocycles. The third kappa shape index (κ3) is 2.06. The fraction of sp³-hybridized carbons (Fsp3) is 0.200. The number of nitrogens with zero attached hydrogens (tertiary/aromatic N) is 1. The molecule has 0 aliphatic carbocycles. The van der Waals surface area contributed by atoms with E-state index in [-0.39, 0.29) is 0 Å². The Kier molecular flexibility index (Phi) is 2.92. The quantitative estimate of drug-likeness (QED) is 0.875. The van der Waals surface area contributed by atoms with Crippen LogP contribution < -0.4 is 10.2 Å². The van der Waals surface area contributed by atoms with Crippen LogP contribution in [0.3, 0.4) is 0 Å². The van der Waals surface area contributed by atoms with Crippen molar-refractivity contribution in [2.75, 3.05) is 24.3 Å². The Balaban J connectivity index is 1.82. The lowest BCUT2D eigenvalue weighted by Gasteiger charge is -2.15. The summed E-state index contributed by atoms with van der Waals surface area (Å²) in [4.78, 5) is 3.45. The number of para-hydroxylation sites is 1. The van der Waals surface area contributed by atoms with E-state index in [4.69, 9.17) is 0 Å². The van der Waals surface area contributed by atoms with Gasteiger partial charge in [0, 0.05) is 30.4 Å². The van der Waals surface area contributed by atoms with Crippen molar-refractivity contribution in [3.8, 4) is 0 Å². The Hall–Kier alpha value is -1.61. The maximum absolute atomic E-state index is 3.55. The van der Waals surface area contributed by atoms with Gasteiger partial charge in [0.25, 0.3) is 0 Å². The third-order valence-corrected chi connectivity index (χ3v) is 4.37. The van der Waals surface area contributed by atoms with Crippen molar-refractivity contribution in [3.05, 3.63) is 54.1 Å². The number of thioether (sulfide) groups is 1. The van der Waals surface area contributed by atoms with E-state index in [1.54, 1.807) is 0 Å². The first-order valence-corrected chi connectivity index (χ1v) is 6.91. The molecule has 3 rings (SSSR count). The van der Waals surface area contributed by atoms with Crippen LogP contribution in [-0.2, 0) is 0 Å². The van der Waals surface area contributed by atoms with Crippen molar-refractivity contribution in [3.63, 3.8) is 0 Å². The molecule has 0 saturated heterocycles.